The van der Waals surface area contributed by atoms with Crippen LogP contribution < -0.4 is 26.6 Å². The van der Waals surface area contributed by atoms with Crippen molar-refractivity contribution in [2.45, 2.75) is 6.61 Å². The van der Waals surface area contributed by atoms with Crippen LogP contribution in [0.1, 0.15) is 15.9 Å². The Hall–Kier alpha value is -3.96. The number of piperazine rings is 1. The van der Waals surface area contributed by atoms with Gasteiger partial charge in [-0.2, -0.15) is 0 Å². The number of nitrogens with one attached hydrogen (secondary N) is 1. The van der Waals surface area contributed by atoms with Crippen molar-refractivity contribution in [3.63, 3.8) is 0 Å². The summed E-state index contributed by atoms with van der Waals surface area (Å²) in [6.45, 7) is 1.90. The van der Waals surface area contributed by atoms with Gasteiger partial charge in [-0.05, 0) is 18.2 Å². The van der Waals surface area contributed by atoms with E-state index in [0.717, 1.165) is 5.82 Å². The normalized spacial score (nSPS) is 13.5. The number of aromatic nitrogens is 2. The topological polar surface area (TPSA) is 152 Å². The summed E-state index contributed by atoms with van der Waals surface area (Å²) in [6, 6.07) is 4.92. The van der Waals surface area contributed by atoms with Crippen molar-refractivity contribution in [3.8, 4) is 0 Å². The molecular formula is C19H23FN8O3. The highest BCUT2D eigenvalue weighted by Gasteiger charge is 2.23. The van der Waals surface area contributed by atoms with E-state index >= 15 is 0 Å². The Labute approximate surface area is 177 Å². The second-order valence-corrected chi connectivity index (χ2v) is 6.66. The van der Waals surface area contributed by atoms with Crippen LogP contribution in [0.15, 0.2) is 35.6 Å². The van der Waals surface area contributed by atoms with Gasteiger partial charge in [0.15, 0.2) is 17.6 Å². The van der Waals surface area contributed by atoms with E-state index in [4.69, 9.17) is 16.2 Å². The van der Waals surface area contributed by atoms with Gasteiger partial charge < -0.3 is 31.3 Å². The molecule has 1 saturated heterocycles. The van der Waals surface area contributed by atoms with Gasteiger partial charge in [0.2, 0.25) is 0 Å². The predicted octanol–water partition coefficient (Wildman–Crippen LogP) is 0.212. The molecule has 3 heterocycles. The molecule has 0 spiro atoms. The molecule has 2 aromatic heterocycles. The average molecular weight is 430 g/mol. The largest absolute Gasteiger partial charge is 0.443 e. The molecule has 164 valence electrons. The van der Waals surface area contributed by atoms with Crippen molar-refractivity contribution in [3.05, 3.63) is 47.5 Å². The van der Waals surface area contributed by atoms with Gasteiger partial charge >= 0.3 is 6.09 Å². The third-order valence-electron chi connectivity index (χ3n) is 4.66. The molecular weight excluding hydrogens is 407 g/mol. The number of nitrogens with zero attached hydrogens (tertiary/aromatic N) is 5. The zero-order valence-electron chi connectivity index (χ0n) is 16.9. The van der Waals surface area contributed by atoms with Crippen LogP contribution >= 0.6 is 0 Å². The Morgan fingerprint density at radius 1 is 1.16 bits per heavy atom. The minimum atomic E-state index is -0.999. The lowest BCUT2D eigenvalue weighted by molar-refractivity contribution is 0.0962. The van der Waals surface area contributed by atoms with Crippen LogP contribution in [-0.4, -0.2) is 61.2 Å². The summed E-state index contributed by atoms with van der Waals surface area (Å²) in [5.41, 5.74) is 10.9. The Morgan fingerprint density at radius 2 is 1.87 bits per heavy atom. The molecule has 0 aliphatic carbocycles. The van der Waals surface area contributed by atoms with Crippen LogP contribution in [0.25, 0.3) is 0 Å². The van der Waals surface area contributed by atoms with Crippen molar-refractivity contribution in [1.29, 1.82) is 0 Å². The number of nitrogens with two attached hydrogens (primary N) is 2. The van der Waals surface area contributed by atoms with E-state index < -0.39 is 17.9 Å². The second-order valence-electron chi connectivity index (χ2n) is 6.66. The number of anilines is 2. The molecule has 1 fully saturated rings. The number of halogens is 1. The van der Waals surface area contributed by atoms with Crippen molar-refractivity contribution >= 4 is 29.6 Å². The maximum absolute atomic E-state index is 14.9. The van der Waals surface area contributed by atoms with Crippen molar-refractivity contribution in [2.75, 3.05) is 43.0 Å². The highest BCUT2D eigenvalue weighted by Crippen LogP contribution is 2.23. The summed E-state index contributed by atoms with van der Waals surface area (Å²) in [5.74, 6) is -0.286. The highest BCUT2D eigenvalue weighted by molar-refractivity contribution is 5.93. The number of rotatable bonds is 5. The summed E-state index contributed by atoms with van der Waals surface area (Å²) in [7, 11) is 1.56. The van der Waals surface area contributed by atoms with Gasteiger partial charge in [-0.1, -0.05) is 0 Å². The first-order chi connectivity index (χ1) is 14.9. The smallest absolute Gasteiger partial charge is 0.437 e. The van der Waals surface area contributed by atoms with E-state index in [1.54, 1.807) is 19.2 Å². The number of pyridine rings is 2. The summed E-state index contributed by atoms with van der Waals surface area (Å²) in [6.07, 6.45) is 1.98. The average Bonchev–Trinajstić information content (AvgIpc) is 2.77. The van der Waals surface area contributed by atoms with Crippen LogP contribution in [0.4, 0.5) is 20.8 Å². The molecule has 3 rings (SSSR count). The predicted molar refractivity (Wildman–Crippen MR) is 112 cm³/mol. The number of aliphatic imine (C=N–C) groups is 1. The summed E-state index contributed by atoms with van der Waals surface area (Å²) in [4.78, 5) is 38.6. The van der Waals surface area contributed by atoms with Gasteiger partial charge in [0.25, 0.3) is 5.91 Å². The minimum Gasteiger partial charge on any atom is -0.443 e. The van der Waals surface area contributed by atoms with Crippen molar-refractivity contribution in [1.82, 2.24) is 15.3 Å². The van der Waals surface area contributed by atoms with Crippen LogP contribution in [0.3, 0.4) is 0 Å². The fourth-order valence-corrected chi connectivity index (χ4v) is 3.08. The lowest BCUT2D eigenvalue weighted by Gasteiger charge is -2.36. The van der Waals surface area contributed by atoms with E-state index in [2.05, 4.69) is 20.3 Å². The maximum Gasteiger partial charge on any atom is 0.437 e. The molecule has 0 saturated carbocycles. The zero-order valence-corrected chi connectivity index (χ0v) is 16.9. The molecule has 1 aliphatic rings. The molecule has 5 N–H and O–H groups in total. The summed E-state index contributed by atoms with van der Waals surface area (Å²) >= 11 is 0. The lowest BCUT2D eigenvalue weighted by atomic mass is 10.2. The molecule has 2 amide bonds. The number of carbonyl (C=O) groups is 2. The number of carbonyl (C=O) groups excluding carboxylic acids is 2. The standard InChI is InChI=1S/C19H23FN8O3/c1-23-17(29)12-2-3-14(25-10-12)27-6-8-28(9-7-27)16-15(20)13(4-5-24-16)11-31-19(30)26-18(21)22/h2-5,10H,6-9,11H2,1H3,(H,23,29)(H4,21,22,26,30). The molecule has 31 heavy (non-hydrogen) atoms. The number of hydrogen-bond donors (Lipinski definition) is 3. The van der Waals surface area contributed by atoms with Gasteiger partial charge in [0.1, 0.15) is 12.4 Å². The molecule has 0 radical (unpaired) electrons. The summed E-state index contributed by atoms with van der Waals surface area (Å²) < 4.78 is 19.8. The first-order valence-electron chi connectivity index (χ1n) is 9.47. The number of guanidine groups is 1. The fraction of sp³-hybridized carbons (Fsp3) is 0.316. The van der Waals surface area contributed by atoms with Gasteiger partial charge in [0.05, 0.1) is 5.56 Å². The fourth-order valence-electron chi connectivity index (χ4n) is 3.08. The SMILES string of the molecule is CNC(=O)c1ccc(N2CCN(c3nccc(COC(=O)N=C(N)N)c3F)CC2)nc1. The van der Waals surface area contributed by atoms with Crippen molar-refractivity contribution in [2.24, 2.45) is 16.5 Å². The van der Waals surface area contributed by atoms with E-state index in [1.165, 1.54) is 18.5 Å². The lowest BCUT2D eigenvalue weighted by Crippen LogP contribution is -2.47. The molecule has 0 unspecified atom stereocenters. The van der Waals surface area contributed by atoms with E-state index in [-0.39, 0.29) is 23.9 Å². The first kappa shape index (κ1) is 21.7. The Bertz CT molecular complexity index is 971. The quantitative estimate of drug-likeness (QED) is 0.446. The number of amides is 2. The number of ether oxygens (including phenoxy) is 1. The van der Waals surface area contributed by atoms with Crippen LogP contribution in [0, 0.1) is 5.82 Å². The van der Waals surface area contributed by atoms with E-state index in [9.17, 15) is 14.0 Å². The Morgan fingerprint density at radius 3 is 2.48 bits per heavy atom. The third kappa shape index (κ3) is 5.35. The minimum absolute atomic E-state index is 0.165. The van der Waals surface area contributed by atoms with E-state index in [0.29, 0.717) is 31.7 Å². The van der Waals surface area contributed by atoms with Crippen LogP contribution in [0.2, 0.25) is 0 Å². The second kappa shape index (κ2) is 9.69. The monoisotopic (exact) mass is 430 g/mol. The molecule has 0 atom stereocenters. The molecule has 0 bridgehead atoms. The van der Waals surface area contributed by atoms with Gasteiger partial charge in [-0.3, -0.25) is 4.79 Å². The number of hydrogen-bond acceptors (Lipinski definition) is 7. The Kier molecular flexibility index (Phi) is 6.80. The molecule has 12 heteroatoms. The summed E-state index contributed by atoms with van der Waals surface area (Å²) in [5, 5.41) is 2.55. The molecule has 11 nitrogen and oxygen atoms in total. The van der Waals surface area contributed by atoms with Crippen LogP contribution in [-0.2, 0) is 11.3 Å². The molecule has 1 aliphatic heterocycles. The van der Waals surface area contributed by atoms with Gasteiger partial charge in [0, 0.05) is 51.2 Å². The molecule has 2 aromatic rings. The maximum atomic E-state index is 14.9. The van der Waals surface area contributed by atoms with Gasteiger partial charge in [-0.15, -0.1) is 4.99 Å². The molecule has 0 aromatic carbocycles. The first-order valence-corrected chi connectivity index (χ1v) is 9.47. The van der Waals surface area contributed by atoms with Gasteiger partial charge in [-0.25, -0.2) is 19.2 Å². The third-order valence-corrected chi connectivity index (χ3v) is 4.66. The van der Waals surface area contributed by atoms with Crippen molar-refractivity contribution < 1.29 is 18.7 Å². The zero-order chi connectivity index (χ0) is 22.4. The Balaban J connectivity index is 1.62. The van der Waals surface area contributed by atoms with E-state index in [1.807, 2.05) is 9.80 Å². The van der Waals surface area contributed by atoms with Crippen LogP contribution in [0.5, 0.6) is 0 Å². The highest BCUT2D eigenvalue weighted by atomic mass is 19.1.